The Balaban J connectivity index is 2.20. The summed E-state index contributed by atoms with van der Waals surface area (Å²) in [6.45, 7) is -0.0224. The lowest BCUT2D eigenvalue weighted by atomic mass is 10.2. The number of carboxylic acid groups (broad SMARTS) is 1. The molecular formula is C14H9ClFIO3. The van der Waals surface area contributed by atoms with Crippen molar-refractivity contribution >= 4 is 40.2 Å². The van der Waals surface area contributed by atoms with E-state index in [0.29, 0.717) is 11.3 Å². The van der Waals surface area contributed by atoms with Crippen LogP contribution in [0, 0.1) is 9.39 Å². The molecule has 2 aromatic carbocycles. The van der Waals surface area contributed by atoms with Crippen LogP contribution in [0.2, 0.25) is 5.02 Å². The molecule has 20 heavy (non-hydrogen) atoms. The Bertz CT molecular complexity index is 661. The number of halogens is 3. The monoisotopic (exact) mass is 406 g/mol. The van der Waals surface area contributed by atoms with Crippen LogP contribution >= 0.6 is 34.2 Å². The van der Waals surface area contributed by atoms with Crippen molar-refractivity contribution in [2.45, 2.75) is 6.61 Å². The third-order valence-electron chi connectivity index (χ3n) is 2.59. The number of hydrogen-bond acceptors (Lipinski definition) is 2. The third-order valence-corrected chi connectivity index (χ3v) is 3.78. The van der Waals surface area contributed by atoms with Crippen LogP contribution in [-0.4, -0.2) is 11.1 Å². The van der Waals surface area contributed by atoms with Crippen molar-refractivity contribution in [1.82, 2.24) is 0 Å². The Morgan fingerprint density at radius 2 is 2.10 bits per heavy atom. The van der Waals surface area contributed by atoms with Crippen molar-refractivity contribution < 1.29 is 19.0 Å². The fourth-order valence-electron chi connectivity index (χ4n) is 1.56. The van der Waals surface area contributed by atoms with E-state index in [9.17, 15) is 9.18 Å². The van der Waals surface area contributed by atoms with E-state index in [1.807, 2.05) is 22.6 Å². The predicted molar refractivity (Wildman–Crippen MR) is 81.9 cm³/mol. The van der Waals surface area contributed by atoms with Gasteiger partial charge in [0.05, 0.1) is 14.2 Å². The summed E-state index contributed by atoms with van der Waals surface area (Å²) in [5, 5.41) is 8.96. The summed E-state index contributed by atoms with van der Waals surface area (Å²) < 4.78 is 19.9. The van der Waals surface area contributed by atoms with Crippen molar-refractivity contribution in [1.29, 1.82) is 0 Å². The SMILES string of the molecule is O=C(O)c1ccc(I)c(OCc2cccc(Cl)c2F)c1. The molecular weight excluding hydrogens is 398 g/mol. The summed E-state index contributed by atoms with van der Waals surface area (Å²) >= 11 is 7.70. The van der Waals surface area contributed by atoms with Crippen molar-refractivity contribution in [2.75, 3.05) is 0 Å². The molecule has 0 aliphatic carbocycles. The summed E-state index contributed by atoms with van der Waals surface area (Å²) in [6, 6.07) is 9.17. The summed E-state index contributed by atoms with van der Waals surface area (Å²) in [4.78, 5) is 10.9. The topological polar surface area (TPSA) is 46.5 Å². The molecule has 0 atom stereocenters. The summed E-state index contributed by atoms with van der Waals surface area (Å²) in [6.07, 6.45) is 0. The lowest BCUT2D eigenvalue weighted by Gasteiger charge is -2.10. The highest BCUT2D eigenvalue weighted by atomic mass is 127. The minimum Gasteiger partial charge on any atom is -0.488 e. The van der Waals surface area contributed by atoms with E-state index in [1.54, 1.807) is 18.2 Å². The number of aromatic carboxylic acids is 1. The van der Waals surface area contributed by atoms with Crippen LogP contribution < -0.4 is 4.74 Å². The molecule has 0 saturated heterocycles. The van der Waals surface area contributed by atoms with Crippen LogP contribution in [0.1, 0.15) is 15.9 Å². The normalized spacial score (nSPS) is 10.3. The molecule has 0 amide bonds. The molecule has 0 aromatic heterocycles. The van der Waals surface area contributed by atoms with Gasteiger partial charge in [-0.2, -0.15) is 0 Å². The molecule has 0 aliphatic heterocycles. The lowest BCUT2D eigenvalue weighted by Crippen LogP contribution is -2.02. The van der Waals surface area contributed by atoms with E-state index < -0.39 is 11.8 Å². The maximum atomic E-state index is 13.7. The molecule has 0 spiro atoms. The van der Waals surface area contributed by atoms with E-state index >= 15 is 0 Å². The number of carbonyl (C=O) groups is 1. The van der Waals surface area contributed by atoms with Gasteiger partial charge in [0.1, 0.15) is 18.2 Å². The van der Waals surface area contributed by atoms with Gasteiger partial charge in [-0.1, -0.05) is 23.7 Å². The molecule has 2 aromatic rings. The van der Waals surface area contributed by atoms with Crippen LogP contribution in [0.3, 0.4) is 0 Å². The van der Waals surface area contributed by atoms with Gasteiger partial charge >= 0.3 is 5.97 Å². The standard InChI is InChI=1S/C14H9ClFIO3/c15-10-3-1-2-9(13(10)16)7-20-12-6-8(14(18)19)4-5-11(12)17/h1-6H,7H2,(H,18,19). The van der Waals surface area contributed by atoms with Gasteiger partial charge in [0.2, 0.25) is 0 Å². The third kappa shape index (κ3) is 3.40. The summed E-state index contributed by atoms with van der Waals surface area (Å²) in [5.41, 5.74) is 0.431. The maximum absolute atomic E-state index is 13.7. The smallest absolute Gasteiger partial charge is 0.335 e. The minimum atomic E-state index is -1.04. The Hall–Kier alpha value is -1.34. The van der Waals surface area contributed by atoms with Crippen molar-refractivity contribution in [3.05, 3.63) is 61.9 Å². The van der Waals surface area contributed by atoms with Crippen LogP contribution in [0.15, 0.2) is 36.4 Å². The number of benzene rings is 2. The predicted octanol–water partition coefficient (Wildman–Crippen LogP) is 4.36. The molecule has 0 saturated carbocycles. The molecule has 1 N–H and O–H groups in total. The largest absolute Gasteiger partial charge is 0.488 e. The van der Waals surface area contributed by atoms with Gasteiger partial charge in [-0.05, 0) is 46.9 Å². The van der Waals surface area contributed by atoms with Crippen molar-refractivity contribution in [3.63, 3.8) is 0 Å². The molecule has 0 aliphatic rings. The van der Waals surface area contributed by atoms with E-state index in [1.165, 1.54) is 18.2 Å². The summed E-state index contributed by atoms with van der Waals surface area (Å²) in [5.74, 6) is -1.18. The van der Waals surface area contributed by atoms with Crippen molar-refractivity contribution in [2.24, 2.45) is 0 Å². The van der Waals surface area contributed by atoms with E-state index in [4.69, 9.17) is 21.4 Å². The first-order valence-corrected chi connectivity index (χ1v) is 7.03. The quantitative estimate of drug-likeness (QED) is 0.768. The average molecular weight is 407 g/mol. The zero-order valence-electron chi connectivity index (χ0n) is 10.1. The lowest BCUT2D eigenvalue weighted by molar-refractivity contribution is 0.0696. The van der Waals surface area contributed by atoms with Crippen LogP contribution in [0.4, 0.5) is 4.39 Å². The highest BCUT2D eigenvalue weighted by Gasteiger charge is 2.10. The fourth-order valence-corrected chi connectivity index (χ4v) is 2.25. The molecule has 3 nitrogen and oxygen atoms in total. The Labute approximate surface area is 133 Å². The second-order valence-corrected chi connectivity index (χ2v) is 5.52. The van der Waals surface area contributed by atoms with E-state index in [2.05, 4.69) is 0 Å². The number of rotatable bonds is 4. The van der Waals surface area contributed by atoms with Crippen LogP contribution in [0.25, 0.3) is 0 Å². The highest BCUT2D eigenvalue weighted by molar-refractivity contribution is 14.1. The van der Waals surface area contributed by atoms with Gasteiger partial charge in [-0.15, -0.1) is 0 Å². The molecule has 0 heterocycles. The first-order valence-electron chi connectivity index (χ1n) is 5.57. The van der Waals surface area contributed by atoms with Gasteiger partial charge in [0.15, 0.2) is 0 Å². The van der Waals surface area contributed by atoms with Gasteiger partial charge in [0.25, 0.3) is 0 Å². The van der Waals surface area contributed by atoms with Gasteiger partial charge in [-0.3, -0.25) is 0 Å². The Morgan fingerprint density at radius 1 is 1.35 bits per heavy atom. The minimum absolute atomic E-state index is 0.0224. The second-order valence-electron chi connectivity index (χ2n) is 3.95. The number of ether oxygens (including phenoxy) is 1. The Kier molecular flexibility index (Phi) is 4.82. The van der Waals surface area contributed by atoms with Gasteiger partial charge < -0.3 is 9.84 Å². The maximum Gasteiger partial charge on any atom is 0.335 e. The zero-order chi connectivity index (χ0) is 14.7. The van der Waals surface area contributed by atoms with Crippen LogP contribution in [0.5, 0.6) is 5.75 Å². The molecule has 0 bridgehead atoms. The number of hydrogen-bond donors (Lipinski definition) is 1. The molecule has 104 valence electrons. The molecule has 0 unspecified atom stereocenters. The van der Waals surface area contributed by atoms with E-state index in [0.717, 1.165) is 3.57 Å². The van der Waals surface area contributed by atoms with Gasteiger partial charge in [0, 0.05) is 5.56 Å². The van der Waals surface area contributed by atoms with Crippen LogP contribution in [-0.2, 0) is 6.61 Å². The van der Waals surface area contributed by atoms with Gasteiger partial charge in [-0.25, -0.2) is 9.18 Å². The molecule has 0 radical (unpaired) electrons. The molecule has 2 rings (SSSR count). The summed E-state index contributed by atoms with van der Waals surface area (Å²) in [7, 11) is 0. The first kappa shape index (κ1) is 15.1. The highest BCUT2D eigenvalue weighted by Crippen LogP contribution is 2.25. The first-order chi connectivity index (χ1) is 9.49. The average Bonchev–Trinajstić information content (AvgIpc) is 2.41. The molecule has 0 fully saturated rings. The zero-order valence-corrected chi connectivity index (χ0v) is 13.0. The molecule has 6 heteroatoms. The second kappa shape index (κ2) is 6.41. The van der Waals surface area contributed by atoms with Crippen molar-refractivity contribution in [3.8, 4) is 5.75 Å². The fraction of sp³-hybridized carbons (Fsp3) is 0.0714. The Morgan fingerprint density at radius 3 is 2.80 bits per heavy atom. The number of carboxylic acids is 1. The van der Waals surface area contributed by atoms with E-state index in [-0.39, 0.29) is 17.2 Å².